The van der Waals surface area contributed by atoms with Gasteiger partial charge in [-0.05, 0) is 0 Å². The van der Waals surface area contributed by atoms with Gasteiger partial charge in [0.05, 0.1) is 0 Å². The molecular weight excluding hydrogens is 166 g/mol. The minimum absolute atomic E-state index is 0.0544. The van der Waals surface area contributed by atoms with Crippen LogP contribution in [0.3, 0.4) is 0 Å². The molecule has 0 bridgehead atoms. The van der Waals surface area contributed by atoms with E-state index in [1.807, 2.05) is 0 Å². The normalized spacial score (nSPS) is 25.5. The molecule has 0 aliphatic carbocycles. The summed E-state index contributed by atoms with van der Waals surface area (Å²) in [7, 11) is 0. The molecule has 4 nitrogen and oxygen atoms in total. The molecule has 1 amide bonds. The minimum atomic E-state index is -0.850. The molecule has 0 saturated carbocycles. The predicted molar refractivity (Wildman–Crippen MR) is 41.5 cm³/mol. The molecule has 1 aliphatic heterocycles. The van der Waals surface area contributed by atoms with E-state index in [1.54, 1.807) is 0 Å². The van der Waals surface area contributed by atoms with Crippen molar-refractivity contribution in [3.8, 4) is 0 Å². The minimum Gasteiger partial charge on any atom is -0.480 e. The highest BCUT2D eigenvalue weighted by molar-refractivity contribution is 8.00. The molecule has 11 heavy (non-hydrogen) atoms. The molecule has 1 heterocycles. The van der Waals surface area contributed by atoms with Gasteiger partial charge in [-0.1, -0.05) is 0 Å². The molecule has 0 aromatic heterocycles. The highest BCUT2D eigenvalue weighted by Crippen LogP contribution is 2.14. The maximum absolute atomic E-state index is 10.7. The Morgan fingerprint density at radius 2 is 2.45 bits per heavy atom. The largest absolute Gasteiger partial charge is 0.480 e. The zero-order valence-corrected chi connectivity index (χ0v) is 6.69. The van der Waals surface area contributed by atoms with Crippen LogP contribution in [0.2, 0.25) is 0 Å². The van der Waals surface area contributed by atoms with Crippen LogP contribution in [0.4, 0.5) is 0 Å². The van der Waals surface area contributed by atoms with Crippen molar-refractivity contribution in [1.29, 1.82) is 0 Å². The summed E-state index contributed by atoms with van der Waals surface area (Å²) in [5.74, 6) is -0.304. The van der Waals surface area contributed by atoms with E-state index in [0.29, 0.717) is 12.2 Å². The number of hydrogen-bond acceptors (Lipinski definition) is 3. The number of hydrogen-bond donors (Lipinski definition) is 2. The van der Waals surface area contributed by atoms with Crippen LogP contribution in [-0.4, -0.2) is 34.5 Å². The van der Waals surface area contributed by atoms with Gasteiger partial charge in [-0.25, -0.2) is 0 Å². The van der Waals surface area contributed by atoms with E-state index in [4.69, 9.17) is 5.11 Å². The fourth-order valence-electron chi connectivity index (χ4n) is 0.806. The summed E-state index contributed by atoms with van der Waals surface area (Å²) in [6, 6.07) is 0. The topological polar surface area (TPSA) is 66.4 Å². The molecule has 0 aromatic carbocycles. The molecule has 1 aliphatic rings. The van der Waals surface area contributed by atoms with Gasteiger partial charge >= 0.3 is 5.97 Å². The van der Waals surface area contributed by atoms with Gasteiger partial charge in [-0.2, -0.15) is 0 Å². The number of carbonyl (C=O) groups excluding carboxylic acids is 1. The maximum Gasteiger partial charge on any atom is 0.318 e. The first kappa shape index (κ1) is 8.39. The summed E-state index contributed by atoms with van der Waals surface area (Å²) in [5, 5.41) is 10.6. The van der Waals surface area contributed by atoms with Crippen molar-refractivity contribution in [3.63, 3.8) is 0 Å². The average molecular weight is 175 g/mol. The van der Waals surface area contributed by atoms with E-state index in [9.17, 15) is 9.59 Å². The van der Waals surface area contributed by atoms with Crippen LogP contribution in [0.15, 0.2) is 0 Å². The van der Waals surface area contributed by atoms with E-state index >= 15 is 0 Å². The lowest BCUT2D eigenvalue weighted by atomic mass is 10.4. The second kappa shape index (κ2) is 3.61. The highest BCUT2D eigenvalue weighted by atomic mass is 32.2. The molecule has 0 aromatic rings. The molecule has 0 radical (unpaired) electrons. The van der Waals surface area contributed by atoms with Crippen molar-refractivity contribution in [2.75, 3.05) is 12.3 Å². The Balaban J connectivity index is 2.46. The van der Waals surface area contributed by atoms with Gasteiger partial charge in [0, 0.05) is 18.7 Å². The van der Waals surface area contributed by atoms with Gasteiger partial charge in [-0.3, -0.25) is 9.59 Å². The lowest BCUT2D eigenvalue weighted by Crippen LogP contribution is -2.31. The third kappa shape index (κ3) is 2.42. The van der Waals surface area contributed by atoms with Gasteiger partial charge in [0.15, 0.2) is 0 Å². The average Bonchev–Trinajstić information content (AvgIpc) is 2.13. The van der Waals surface area contributed by atoms with E-state index in [-0.39, 0.29) is 12.5 Å². The number of carbonyl (C=O) groups is 2. The van der Waals surface area contributed by atoms with Gasteiger partial charge < -0.3 is 10.4 Å². The summed E-state index contributed by atoms with van der Waals surface area (Å²) in [6.07, 6.45) is 0.425. The number of aliphatic carboxylic acids is 1. The first-order valence-corrected chi connectivity index (χ1v) is 4.36. The SMILES string of the molecule is O=C1CCSC(C(=O)O)CN1. The smallest absolute Gasteiger partial charge is 0.318 e. The van der Waals surface area contributed by atoms with Crippen molar-refractivity contribution >= 4 is 23.6 Å². The molecule has 0 spiro atoms. The fraction of sp³-hybridized carbons (Fsp3) is 0.667. The van der Waals surface area contributed by atoms with Gasteiger partial charge in [0.1, 0.15) is 5.25 Å². The molecule has 1 saturated heterocycles. The Bertz CT molecular complexity index is 183. The molecule has 1 rings (SSSR count). The van der Waals surface area contributed by atoms with Crippen LogP contribution in [0.25, 0.3) is 0 Å². The first-order valence-electron chi connectivity index (χ1n) is 3.31. The Hall–Kier alpha value is -0.710. The Labute approximate surface area is 68.3 Å². The summed E-state index contributed by atoms with van der Waals surface area (Å²) < 4.78 is 0. The van der Waals surface area contributed by atoms with Crippen LogP contribution in [-0.2, 0) is 9.59 Å². The molecule has 1 fully saturated rings. The van der Waals surface area contributed by atoms with Crippen LogP contribution in [0.1, 0.15) is 6.42 Å². The Kier molecular flexibility index (Phi) is 2.76. The predicted octanol–water partition coefficient (Wildman–Crippen LogP) is -0.307. The lowest BCUT2D eigenvalue weighted by Gasteiger charge is -2.06. The van der Waals surface area contributed by atoms with Gasteiger partial charge in [0.2, 0.25) is 5.91 Å². The summed E-state index contributed by atoms with van der Waals surface area (Å²) >= 11 is 1.31. The van der Waals surface area contributed by atoms with E-state index in [0.717, 1.165) is 0 Å². The summed E-state index contributed by atoms with van der Waals surface area (Å²) in [6.45, 7) is 0.249. The van der Waals surface area contributed by atoms with Crippen LogP contribution < -0.4 is 5.32 Å². The van der Waals surface area contributed by atoms with Crippen LogP contribution in [0.5, 0.6) is 0 Å². The number of carboxylic acid groups (broad SMARTS) is 1. The lowest BCUT2D eigenvalue weighted by molar-refractivity contribution is -0.136. The van der Waals surface area contributed by atoms with Gasteiger partial charge in [0.25, 0.3) is 0 Å². The number of thioether (sulfide) groups is 1. The number of nitrogens with one attached hydrogen (secondary N) is 1. The molecule has 2 N–H and O–H groups in total. The van der Waals surface area contributed by atoms with Crippen LogP contribution in [0, 0.1) is 0 Å². The zero-order valence-electron chi connectivity index (χ0n) is 5.87. The maximum atomic E-state index is 10.7. The summed E-state index contributed by atoms with van der Waals surface area (Å²) in [5.41, 5.74) is 0. The summed E-state index contributed by atoms with van der Waals surface area (Å²) in [4.78, 5) is 21.2. The number of amides is 1. The Morgan fingerprint density at radius 1 is 1.73 bits per heavy atom. The van der Waals surface area contributed by atoms with E-state index in [2.05, 4.69) is 5.32 Å². The van der Waals surface area contributed by atoms with Crippen molar-refractivity contribution in [3.05, 3.63) is 0 Å². The second-order valence-corrected chi connectivity index (χ2v) is 3.56. The van der Waals surface area contributed by atoms with E-state index < -0.39 is 11.2 Å². The van der Waals surface area contributed by atoms with Crippen molar-refractivity contribution in [2.24, 2.45) is 0 Å². The third-order valence-corrected chi connectivity index (χ3v) is 2.62. The molecular formula is C6H9NO3S. The first-order chi connectivity index (χ1) is 5.20. The van der Waals surface area contributed by atoms with Crippen molar-refractivity contribution in [1.82, 2.24) is 5.32 Å². The standard InChI is InChI=1S/C6H9NO3S/c8-5-1-2-11-4(3-7-5)6(9)10/h4H,1-3H2,(H,7,8)(H,9,10). The molecule has 62 valence electrons. The van der Waals surface area contributed by atoms with Crippen molar-refractivity contribution < 1.29 is 14.7 Å². The quantitative estimate of drug-likeness (QED) is 0.574. The number of carboxylic acids is 1. The molecule has 1 unspecified atom stereocenters. The number of rotatable bonds is 1. The monoisotopic (exact) mass is 175 g/mol. The Morgan fingerprint density at radius 3 is 3.09 bits per heavy atom. The van der Waals surface area contributed by atoms with E-state index in [1.165, 1.54) is 11.8 Å². The van der Waals surface area contributed by atoms with Gasteiger partial charge in [-0.15, -0.1) is 11.8 Å². The third-order valence-electron chi connectivity index (χ3n) is 1.41. The fourth-order valence-corrected chi connectivity index (χ4v) is 1.74. The van der Waals surface area contributed by atoms with Crippen LogP contribution >= 0.6 is 11.8 Å². The molecule has 5 heteroatoms. The second-order valence-electron chi connectivity index (χ2n) is 2.25. The molecule has 1 atom stereocenters. The zero-order chi connectivity index (χ0) is 8.27. The highest BCUT2D eigenvalue weighted by Gasteiger charge is 2.21. The van der Waals surface area contributed by atoms with Crippen molar-refractivity contribution in [2.45, 2.75) is 11.7 Å².